The minimum Gasteiger partial charge on any atom is -0.394 e. The summed E-state index contributed by atoms with van der Waals surface area (Å²) in [7, 11) is 0. The highest BCUT2D eigenvalue weighted by molar-refractivity contribution is 5.84. The van der Waals surface area contributed by atoms with E-state index < -0.39 is 0 Å². The normalized spacial score (nSPS) is 19.1. The van der Waals surface area contributed by atoms with Crippen LogP contribution in [0.25, 0.3) is 0 Å². The average molecular weight is 261 g/mol. The molecule has 2 N–H and O–H groups in total. The van der Waals surface area contributed by atoms with E-state index in [0.717, 1.165) is 36.8 Å². The lowest BCUT2D eigenvalue weighted by Gasteiger charge is -2.29. The van der Waals surface area contributed by atoms with Gasteiger partial charge >= 0.3 is 0 Å². The molecule has 0 heterocycles. The molecule has 1 fully saturated rings. The van der Waals surface area contributed by atoms with E-state index >= 15 is 0 Å². The number of benzene rings is 1. The Labute approximate surface area is 115 Å². The van der Waals surface area contributed by atoms with Crippen molar-refractivity contribution in [2.45, 2.75) is 51.0 Å². The van der Waals surface area contributed by atoms with Gasteiger partial charge in [0.05, 0.1) is 18.1 Å². The number of amides is 1. The first-order chi connectivity index (χ1) is 9.06. The Morgan fingerprint density at radius 1 is 1.42 bits per heavy atom. The van der Waals surface area contributed by atoms with Crippen LogP contribution in [0.2, 0.25) is 0 Å². The van der Waals surface area contributed by atoms with Gasteiger partial charge in [-0.3, -0.25) is 4.79 Å². The predicted molar refractivity (Wildman–Crippen MR) is 76.0 cm³/mol. The highest BCUT2D eigenvalue weighted by Gasteiger charge is 2.35. The maximum atomic E-state index is 12.4. The molecule has 3 heteroatoms. The molecule has 3 nitrogen and oxygen atoms in total. The lowest BCUT2D eigenvalue weighted by molar-refractivity contribution is -0.124. The van der Waals surface area contributed by atoms with E-state index in [1.165, 1.54) is 0 Å². The van der Waals surface area contributed by atoms with Crippen LogP contribution in [0.4, 0.5) is 0 Å². The average Bonchev–Trinajstić information content (AvgIpc) is 2.87. The van der Waals surface area contributed by atoms with Gasteiger partial charge in [0, 0.05) is 0 Å². The third-order valence-electron chi connectivity index (χ3n) is 4.19. The molecule has 1 aromatic rings. The minimum absolute atomic E-state index is 0.0153. The van der Waals surface area contributed by atoms with E-state index in [2.05, 4.69) is 5.32 Å². The summed E-state index contributed by atoms with van der Waals surface area (Å²) >= 11 is 0. The zero-order valence-corrected chi connectivity index (χ0v) is 11.8. The molecule has 1 aliphatic carbocycles. The van der Waals surface area contributed by atoms with E-state index in [4.69, 9.17) is 0 Å². The van der Waals surface area contributed by atoms with Crippen molar-refractivity contribution in [1.82, 2.24) is 5.32 Å². The SMILES string of the molecule is Cc1cccc(C(C)C(=O)NC2(CO)CCCC2)c1. The largest absolute Gasteiger partial charge is 0.394 e. The molecule has 104 valence electrons. The number of carbonyl (C=O) groups is 1. The Bertz CT molecular complexity index is 450. The smallest absolute Gasteiger partial charge is 0.227 e. The number of hydrogen-bond donors (Lipinski definition) is 2. The van der Waals surface area contributed by atoms with Gasteiger partial charge in [-0.15, -0.1) is 0 Å². The van der Waals surface area contributed by atoms with Crippen molar-refractivity contribution < 1.29 is 9.90 Å². The van der Waals surface area contributed by atoms with Crippen LogP contribution in [0.1, 0.15) is 49.7 Å². The lowest BCUT2D eigenvalue weighted by Crippen LogP contribution is -2.50. The summed E-state index contributed by atoms with van der Waals surface area (Å²) < 4.78 is 0. The number of aryl methyl sites for hydroxylation is 1. The van der Waals surface area contributed by atoms with Crippen LogP contribution in [0.15, 0.2) is 24.3 Å². The van der Waals surface area contributed by atoms with Crippen molar-refractivity contribution in [2.24, 2.45) is 0 Å². The molecule has 1 amide bonds. The summed E-state index contributed by atoms with van der Waals surface area (Å²) in [4.78, 5) is 12.4. The van der Waals surface area contributed by atoms with Crippen LogP contribution >= 0.6 is 0 Å². The standard InChI is InChI=1S/C16H23NO2/c1-12-6-5-7-14(10-12)13(2)15(19)17-16(11-18)8-3-4-9-16/h5-7,10,13,18H,3-4,8-9,11H2,1-2H3,(H,17,19). The fraction of sp³-hybridized carbons (Fsp3) is 0.562. The number of rotatable bonds is 4. The first kappa shape index (κ1) is 14.1. The summed E-state index contributed by atoms with van der Waals surface area (Å²) in [6.07, 6.45) is 3.94. The van der Waals surface area contributed by atoms with Gasteiger partial charge in [-0.2, -0.15) is 0 Å². The molecule has 0 saturated heterocycles. The van der Waals surface area contributed by atoms with Gasteiger partial charge in [0.1, 0.15) is 0 Å². The molecule has 1 aliphatic rings. The fourth-order valence-electron chi connectivity index (χ4n) is 2.83. The van der Waals surface area contributed by atoms with Crippen molar-refractivity contribution in [3.8, 4) is 0 Å². The first-order valence-electron chi connectivity index (χ1n) is 7.06. The van der Waals surface area contributed by atoms with Crippen molar-refractivity contribution in [3.63, 3.8) is 0 Å². The van der Waals surface area contributed by atoms with Gasteiger partial charge in [0.2, 0.25) is 5.91 Å². The van der Waals surface area contributed by atoms with Gasteiger partial charge < -0.3 is 10.4 Å². The number of carbonyl (C=O) groups excluding carboxylic acids is 1. The Balaban J connectivity index is 2.07. The molecule has 2 rings (SSSR count). The number of aliphatic hydroxyl groups excluding tert-OH is 1. The molecule has 1 atom stereocenters. The van der Waals surface area contributed by atoms with E-state index in [9.17, 15) is 9.90 Å². The van der Waals surface area contributed by atoms with Crippen molar-refractivity contribution in [2.75, 3.05) is 6.61 Å². The highest BCUT2D eigenvalue weighted by Crippen LogP contribution is 2.30. The minimum atomic E-state index is -0.380. The molecule has 0 aliphatic heterocycles. The lowest BCUT2D eigenvalue weighted by atomic mass is 9.94. The molecule has 0 bridgehead atoms. The van der Waals surface area contributed by atoms with E-state index in [0.29, 0.717) is 0 Å². The van der Waals surface area contributed by atoms with Crippen LogP contribution in [0, 0.1) is 6.92 Å². The van der Waals surface area contributed by atoms with Crippen LogP contribution < -0.4 is 5.32 Å². The number of hydrogen-bond acceptors (Lipinski definition) is 2. The maximum absolute atomic E-state index is 12.4. The van der Waals surface area contributed by atoms with Crippen LogP contribution in [-0.2, 0) is 4.79 Å². The molecule has 0 radical (unpaired) electrons. The van der Waals surface area contributed by atoms with Gasteiger partial charge in [0.25, 0.3) is 0 Å². The Hall–Kier alpha value is -1.35. The van der Waals surface area contributed by atoms with Gasteiger partial charge in [-0.25, -0.2) is 0 Å². The van der Waals surface area contributed by atoms with Crippen molar-refractivity contribution in [3.05, 3.63) is 35.4 Å². The third-order valence-corrected chi connectivity index (χ3v) is 4.19. The number of aliphatic hydroxyl groups is 1. The second kappa shape index (κ2) is 5.74. The summed E-state index contributed by atoms with van der Waals surface area (Å²) in [6.45, 7) is 3.99. The Morgan fingerprint density at radius 2 is 2.11 bits per heavy atom. The molecule has 1 saturated carbocycles. The Kier molecular flexibility index (Phi) is 4.25. The topological polar surface area (TPSA) is 49.3 Å². The fourth-order valence-corrected chi connectivity index (χ4v) is 2.83. The second-order valence-corrected chi connectivity index (χ2v) is 5.77. The zero-order valence-electron chi connectivity index (χ0n) is 11.8. The van der Waals surface area contributed by atoms with Crippen molar-refractivity contribution >= 4 is 5.91 Å². The predicted octanol–water partition coefficient (Wildman–Crippen LogP) is 2.52. The first-order valence-corrected chi connectivity index (χ1v) is 7.06. The number of nitrogens with one attached hydrogen (secondary N) is 1. The van der Waals surface area contributed by atoms with E-state index in [-0.39, 0.29) is 24.0 Å². The summed E-state index contributed by atoms with van der Waals surface area (Å²) in [5, 5.41) is 12.6. The second-order valence-electron chi connectivity index (χ2n) is 5.77. The molecule has 19 heavy (non-hydrogen) atoms. The quantitative estimate of drug-likeness (QED) is 0.875. The van der Waals surface area contributed by atoms with Gasteiger partial charge in [-0.1, -0.05) is 42.7 Å². The maximum Gasteiger partial charge on any atom is 0.227 e. The summed E-state index contributed by atoms with van der Waals surface area (Å²) in [6, 6.07) is 8.04. The molecule has 1 aromatic carbocycles. The molecule has 0 spiro atoms. The zero-order chi connectivity index (χ0) is 13.9. The third kappa shape index (κ3) is 3.16. The molecule has 0 aromatic heterocycles. The molecular formula is C16H23NO2. The molecular weight excluding hydrogens is 238 g/mol. The monoisotopic (exact) mass is 261 g/mol. The van der Waals surface area contributed by atoms with Crippen molar-refractivity contribution in [1.29, 1.82) is 0 Å². The van der Waals surface area contributed by atoms with E-state index in [1.54, 1.807) is 0 Å². The van der Waals surface area contributed by atoms with Crippen LogP contribution in [0.5, 0.6) is 0 Å². The molecule has 1 unspecified atom stereocenters. The van der Waals surface area contributed by atoms with Gasteiger partial charge in [0.15, 0.2) is 0 Å². The summed E-state index contributed by atoms with van der Waals surface area (Å²) in [5.74, 6) is -0.162. The Morgan fingerprint density at radius 3 is 2.68 bits per heavy atom. The van der Waals surface area contributed by atoms with Gasteiger partial charge in [-0.05, 0) is 32.3 Å². The van der Waals surface area contributed by atoms with E-state index in [1.807, 2.05) is 38.1 Å². The van der Waals surface area contributed by atoms with Crippen LogP contribution in [-0.4, -0.2) is 23.2 Å². The van der Waals surface area contributed by atoms with Crippen LogP contribution in [0.3, 0.4) is 0 Å². The summed E-state index contributed by atoms with van der Waals surface area (Å²) in [5.41, 5.74) is 1.81. The highest BCUT2D eigenvalue weighted by atomic mass is 16.3.